The Hall–Kier alpha value is -0.390. The Balaban J connectivity index is 1.30. The average Bonchev–Trinajstić information content (AvgIpc) is 2.92. The monoisotopic (exact) mass is 501 g/mol. The third-order valence-electron chi connectivity index (χ3n) is 9.11. The fourth-order valence-electron chi connectivity index (χ4n) is 7.22. The van der Waals surface area contributed by atoms with Gasteiger partial charge in [-0.05, 0) is 102 Å². The van der Waals surface area contributed by atoms with Crippen molar-refractivity contribution in [1.82, 2.24) is 4.98 Å². The second-order valence-electron chi connectivity index (χ2n) is 11.6. The van der Waals surface area contributed by atoms with Gasteiger partial charge in [0.1, 0.15) is 11.6 Å². The molecule has 1 aromatic rings. The molecule has 3 nitrogen and oxygen atoms in total. The van der Waals surface area contributed by atoms with Gasteiger partial charge in [0, 0.05) is 0 Å². The minimum atomic E-state index is -0.165. The maximum Gasteiger partial charge on any atom is 0.131 e. The van der Waals surface area contributed by atoms with Crippen LogP contribution in [0.25, 0.3) is 0 Å². The minimum Gasteiger partial charge on any atom is -0.349 e. The third-order valence-corrected chi connectivity index (χ3v) is 15.3. The molecule has 1 heterocycles. The minimum absolute atomic E-state index is 0.165. The molecule has 0 aromatic carbocycles. The zero-order valence-corrected chi connectivity index (χ0v) is 23.3. The van der Waals surface area contributed by atoms with Crippen LogP contribution in [0.2, 0.25) is 0 Å². The summed E-state index contributed by atoms with van der Waals surface area (Å²) in [6.45, 7) is 0. The Morgan fingerprint density at radius 3 is 1.06 bits per heavy atom. The number of anilines is 2. The predicted molar refractivity (Wildman–Crippen MR) is 153 cm³/mol. The molecule has 2 N–H and O–H groups in total. The summed E-state index contributed by atoms with van der Waals surface area (Å²) in [7, 11) is -0.331. The van der Waals surface area contributed by atoms with Gasteiger partial charge in [0.25, 0.3) is 0 Å². The van der Waals surface area contributed by atoms with Crippen LogP contribution in [0.1, 0.15) is 128 Å². The molecular weight excluding hydrogens is 452 g/mol. The maximum atomic E-state index is 5.24. The summed E-state index contributed by atoms with van der Waals surface area (Å²) in [5, 5.41) is 8.22. The van der Waals surface area contributed by atoms with Crippen LogP contribution < -0.4 is 10.2 Å². The van der Waals surface area contributed by atoms with Crippen LogP contribution in [0.3, 0.4) is 0 Å². The van der Waals surface area contributed by atoms with E-state index in [0.29, 0.717) is 0 Å². The summed E-state index contributed by atoms with van der Waals surface area (Å²) >= 11 is 0. The Morgan fingerprint density at radius 2 is 0.765 bits per heavy atom. The van der Waals surface area contributed by atoms with Gasteiger partial charge in [0.2, 0.25) is 0 Å². The second kappa shape index (κ2) is 13.2. The first kappa shape index (κ1) is 25.3. The van der Waals surface area contributed by atoms with Crippen molar-refractivity contribution in [2.75, 3.05) is 10.2 Å². The molecule has 34 heavy (non-hydrogen) atoms. The lowest BCUT2D eigenvalue weighted by molar-refractivity contribution is 0.485. The van der Waals surface area contributed by atoms with Crippen molar-refractivity contribution in [3.63, 3.8) is 0 Å². The van der Waals surface area contributed by atoms with Crippen LogP contribution in [0.15, 0.2) is 18.2 Å². The number of hydrogen-bond donors (Lipinski definition) is 2. The van der Waals surface area contributed by atoms with Gasteiger partial charge in [-0.3, -0.25) is 0 Å². The largest absolute Gasteiger partial charge is 0.349 e. The average molecular weight is 502 g/mol. The van der Waals surface area contributed by atoms with Crippen molar-refractivity contribution in [1.29, 1.82) is 0 Å². The number of nitrogens with one attached hydrogen (secondary N) is 2. The fraction of sp³-hybridized carbons (Fsp3) is 0.828. The number of hydrogen-bond acceptors (Lipinski definition) is 3. The summed E-state index contributed by atoms with van der Waals surface area (Å²) in [6.07, 6.45) is 28.9. The highest BCUT2D eigenvalue weighted by Gasteiger charge is 2.33. The molecule has 1 aromatic heterocycles. The zero-order valence-electron chi connectivity index (χ0n) is 21.5. The third kappa shape index (κ3) is 6.88. The van der Waals surface area contributed by atoms with Gasteiger partial charge in [0.05, 0.1) is 0 Å². The van der Waals surface area contributed by atoms with Crippen LogP contribution in [0, 0.1) is 0 Å². The van der Waals surface area contributed by atoms with Crippen molar-refractivity contribution in [2.24, 2.45) is 0 Å². The molecule has 0 spiro atoms. The lowest BCUT2D eigenvalue weighted by Crippen LogP contribution is -2.25. The van der Waals surface area contributed by atoms with E-state index in [2.05, 4.69) is 28.4 Å². The molecule has 0 radical (unpaired) electrons. The van der Waals surface area contributed by atoms with Crippen LogP contribution in [0.5, 0.6) is 0 Å². The number of aromatic nitrogens is 1. The fourth-order valence-corrected chi connectivity index (χ4v) is 13.6. The van der Waals surface area contributed by atoms with Gasteiger partial charge < -0.3 is 10.2 Å². The highest BCUT2D eigenvalue weighted by Crippen LogP contribution is 2.57. The predicted octanol–water partition coefficient (Wildman–Crippen LogP) is 10.0. The van der Waals surface area contributed by atoms with Crippen LogP contribution in [0.4, 0.5) is 11.6 Å². The molecule has 4 aliphatic rings. The molecule has 4 fully saturated rings. The summed E-state index contributed by atoms with van der Waals surface area (Å²) in [5.41, 5.74) is 3.64. The van der Waals surface area contributed by atoms with E-state index in [1.54, 1.807) is 0 Å². The summed E-state index contributed by atoms with van der Waals surface area (Å²) in [5.74, 6) is 2.32. The Labute approximate surface area is 212 Å². The van der Waals surface area contributed by atoms with Crippen LogP contribution in [-0.4, -0.2) is 27.6 Å². The number of rotatable bonds is 8. The summed E-state index contributed by atoms with van der Waals surface area (Å²) in [4.78, 5) is 5.24. The van der Waals surface area contributed by atoms with Gasteiger partial charge in [-0.1, -0.05) is 83.1 Å². The first-order valence-electron chi connectivity index (χ1n) is 14.9. The number of nitrogens with zero attached hydrogens (tertiary/aromatic N) is 1. The van der Waals surface area contributed by atoms with Gasteiger partial charge in [0.15, 0.2) is 0 Å². The topological polar surface area (TPSA) is 37.0 Å². The van der Waals surface area contributed by atoms with E-state index in [0.717, 1.165) is 34.3 Å². The maximum absolute atomic E-state index is 5.24. The van der Waals surface area contributed by atoms with E-state index in [-0.39, 0.29) is 16.1 Å². The standard InChI is InChI=1S/C29H49N3P2/c1-5-14-24(15-6-1)33(25-16-7-2-8-17-25)31-28-22-13-23-29(30-28)32-34(26-18-9-3-10-19-26)27-20-11-4-12-21-27/h13,22-27H,1-12,14-21H2,(H2,30,31,32). The molecule has 0 unspecified atom stereocenters. The van der Waals surface area contributed by atoms with E-state index < -0.39 is 0 Å². The molecule has 190 valence electrons. The highest BCUT2D eigenvalue weighted by molar-refractivity contribution is 7.61. The van der Waals surface area contributed by atoms with Crippen molar-refractivity contribution >= 4 is 27.8 Å². The highest BCUT2D eigenvalue weighted by atomic mass is 31.1. The molecule has 0 aliphatic heterocycles. The molecule has 0 saturated heterocycles. The van der Waals surface area contributed by atoms with E-state index in [4.69, 9.17) is 4.98 Å². The van der Waals surface area contributed by atoms with Gasteiger partial charge in [-0.25, -0.2) is 4.98 Å². The normalized spacial score (nSPS) is 24.5. The molecule has 5 rings (SSSR count). The molecule has 0 amide bonds. The molecule has 5 heteroatoms. The molecule has 0 atom stereocenters. The van der Waals surface area contributed by atoms with E-state index in [9.17, 15) is 0 Å². The van der Waals surface area contributed by atoms with E-state index in [1.807, 2.05) is 0 Å². The molecule has 0 bridgehead atoms. The van der Waals surface area contributed by atoms with Crippen LogP contribution >= 0.6 is 16.1 Å². The number of pyridine rings is 1. The SMILES string of the molecule is c1cc(NP(C2CCCCC2)C2CCCCC2)nc(NP(C2CCCCC2)C2CCCCC2)c1. The van der Waals surface area contributed by atoms with Crippen molar-refractivity contribution in [3.8, 4) is 0 Å². The quantitative estimate of drug-likeness (QED) is 0.348. The van der Waals surface area contributed by atoms with Gasteiger partial charge in [-0.2, -0.15) is 0 Å². The summed E-state index contributed by atoms with van der Waals surface area (Å²) in [6, 6.07) is 6.79. The molecule has 4 aliphatic carbocycles. The van der Waals surface area contributed by atoms with Gasteiger partial charge in [-0.15, -0.1) is 0 Å². The Kier molecular flexibility index (Phi) is 9.84. The zero-order chi connectivity index (χ0) is 23.0. The smallest absolute Gasteiger partial charge is 0.131 e. The Morgan fingerprint density at radius 1 is 0.471 bits per heavy atom. The molecule has 4 saturated carbocycles. The van der Waals surface area contributed by atoms with Crippen molar-refractivity contribution in [2.45, 2.75) is 151 Å². The lowest BCUT2D eigenvalue weighted by Gasteiger charge is -2.39. The first-order valence-corrected chi connectivity index (χ1v) is 17.9. The van der Waals surface area contributed by atoms with Crippen LogP contribution in [-0.2, 0) is 0 Å². The van der Waals surface area contributed by atoms with Crippen molar-refractivity contribution in [3.05, 3.63) is 18.2 Å². The van der Waals surface area contributed by atoms with E-state index >= 15 is 0 Å². The second-order valence-corrected chi connectivity index (χ2v) is 16.6. The molecular formula is C29H49N3P2. The summed E-state index contributed by atoms with van der Waals surface area (Å²) < 4.78 is 0. The van der Waals surface area contributed by atoms with E-state index in [1.165, 1.54) is 128 Å². The first-order chi connectivity index (χ1) is 16.9. The van der Waals surface area contributed by atoms with Gasteiger partial charge >= 0.3 is 0 Å². The van der Waals surface area contributed by atoms with Crippen molar-refractivity contribution < 1.29 is 0 Å². The lowest BCUT2D eigenvalue weighted by atomic mass is 10.00. The Bertz CT molecular complexity index is 627.